The molecule has 0 nitrogen and oxygen atoms in total. The molecule has 4 heteroatoms. The Labute approximate surface area is 442 Å². The molecular formula is C65H44P2Se2. The van der Waals surface area contributed by atoms with E-state index >= 15 is 0 Å². The Morgan fingerprint density at radius 2 is 0.725 bits per heavy atom. The van der Waals surface area contributed by atoms with Crippen LogP contribution in [0.3, 0.4) is 0 Å². The summed E-state index contributed by atoms with van der Waals surface area (Å²) in [6.45, 7) is 0. The van der Waals surface area contributed by atoms with Gasteiger partial charge in [-0.15, -0.1) is 0 Å². The van der Waals surface area contributed by atoms with Crippen molar-refractivity contribution in [2.24, 2.45) is 0 Å². The molecule has 0 aliphatic heterocycles. The van der Waals surface area contributed by atoms with Crippen LogP contribution >= 0.6 is 11.0 Å². The molecule has 0 bridgehead atoms. The standard InChI is InChI=1S/C65H44P2Se2/c68-66(50-18-5-1-6-19-50,51-20-7-2-8-21-51)54-36-29-45(30-37-54)48-33-40-57-58-41-34-49(46-31-38-55(39-32-46)67(69,52-22-9-3-10-23-52)53-24-11-4-12-25-53)44-63(58)65(62(57)43-48)60-28-16-15-27-59(60)64-56-26-14-13-17-47(56)35-42-61(64)65/h1-44H/i13D,14D,15D,16D,17D,26D,27D,28D,33D,34D,35D,40D,41D,42D,43D,44D. The first-order valence-electron chi connectivity index (χ1n) is 30.2. The average molecular weight is 1060 g/mol. The number of rotatable bonds is 8. The molecule has 2 aliphatic carbocycles. The van der Waals surface area contributed by atoms with Gasteiger partial charge in [-0.25, -0.2) is 0 Å². The van der Waals surface area contributed by atoms with Gasteiger partial charge >= 0.3 is 398 Å². The van der Waals surface area contributed by atoms with Gasteiger partial charge < -0.3 is 0 Å². The van der Waals surface area contributed by atoms with Gasteiger partial charge in [0.1, 0.15) is 0 Å². The molecule has 69 heavy (non-hydrogen) atoms. The van der Waals surface area contributed by atoms with Gasteiger partial charge in [-0.3, -0.25) is 0 Å². The first-order valence-corrected chi connectivity index (χ1v) is 30.3. The predicted octanol–water partition coefficient (Wildman–Crippen LogP) is 13.3. The van der Waals surface area contributed by atoms with E-state index in [-0.39, 0.29) is 61.0 Å². The minimum absolute atomic E-state index is 0.0953. The van der Waals surface area contributed by atoms with Gasteiger partial charge in [0.2, 0.25) is 0 Å². The molecule has 0 radical (unpaired) electrons. The molecule has 11 aromatic rings. The molecule has 0 atom stereocenters. The number of fused-ring (bicyclic) bond motifs is 12. The van der Waals surface area contributed by atoms with Crippen molar-refractivity contribution in [1.29, 1.82) is 0 Å². The van der Waals surface area contributed by atoms with Crippen molar-refractivity contribution in [3.8, 4) is 44.5 Å². The summed E-state index contributed by atoms with van der Waals surface area (Å²) in [7, 11) is 0. The quantitative estimate of drug-likeness (QED) is 0.105. The molecule has 0 unspecified atom stereocenters. The third-order valence-corrected chi connectivity index (χ3v) is 27.4. The third-order valence-electron chi connectivity index (χ3n) is 13.3. The summed E-state index contributed by atoms with van der Waals surface area (Å²) >= 11 is 7.10. The fourth-order valence-electron chi connectivity index (χ4n) is 10.1. The van der Waals surface area contributed by atoms with Crippen LogP contribution in [-0.2, 0) is 5.41 Å². The normalized spacial score (nSPS) is 16.4. The molecule has 2 aliphatic rings. The Balaban J connectivity index is 1.16. The predicted molar refractivity (Wildman–Crippen MR) is 300 cm³/mol. The van der Waals surface area contributed by atoms with E-state index in [2.05, 4.69) is 78.7 Å². The molecule has 11 aromatic carbocycles. The summed E-state index contributed by atoms with van der Waals surface area (Å²) < 4.78 is 156. The molecule has 0 saturated carbocycles. The van der Waals surface area contributed by atoms with Crippen LogP contribution < -0.4 is 31.8 Å². The van der Waals surface area contributed by atoms with E-state index in [1.165, 1.54) is 0 Å². The van der Waals surface area contributed by atoms with Crippen molar-refractivity contribution in [2.75, 3.05) is 0 Å². The van der Waals surface area contributed by atoms with E-state index in [0.717, 1.165) is 31.8 Å². The molecule has 0 saturated heterocycles. The van der Waals surface area contributed by atoms with E-state index in [9.17, 15) is 16.4 Å². The number of benzene rings is 11. The van der Waals surface area contributed by atoms with Crippen LogP contribution in [0.4, 0.5) is 0 Å². The Kier molecular flexibility index (Phi) is 7.09. The fraction of sp³-hybridized carbons (Fsp3) is 0.0154. The zero-order chi connectivity index (χ0) is 60.1. The summed E-state index contributed by atoms with van der Waals surface area (Å²) in [6, 6.07) is 44.6. The minimum atomic E-state index is -2.51. The van der Waals surface area contributed by atoms with Gasteiger partial charge in [-0.05, 0) is 5.39 Å². The van der Waals surface area contributed by atoms with Gasteiger partial charge in [0, 0.05) is 0 Å². The van der Waals surface area contributed by atoms with Gasteiger partial charge in [0.15, 0.2) is 0 Å². The summed E-state index contributed by atoms with van der Waals surface area (Å²) in [5.74, 6) is 0. The van der Waals surface area contributed by atoms with Gasteiger partial charge in [-0.1, -0.05) is 30.2 Å². The SMILES string of the molecule is [2H]c1c([2H])c([2H])c2c(c1[2H])-c1c(c([2H])c([2H])c3c([2H])c([2H])c([2H])c([2H])c13)C21c2c([2H])c(-c3ccc(P(=[Se])(c4ccccc4)c4ccccc4)cc3)c([2H])c([2H])c2-c2c([2H])c([2H])c(-c3ccc(P(=[Se])(c4ccccc4)c4ccccc4)cc3)c([2H])c21. The molecular weight excluding hydrogens is 1000 g/mol. The monoisotopic (exact) mass is 1060 g/mol. The zero-order valence-corrected chi connectivity index (χ0v) is 41.6. The van der Waals surface area contributed by atoms with E-state index in [4.69, 9.17) is 5.48 Å². The molecule has 0 N–H and O–H groups in total. The molecule has 13 rings (SSSR count). The zero-order valence-electron chi connectivity index (χ0n) is 52.4. The van der Waals surface area contributed by atoms with Crippen LogP contribution in [0, 0.1) is 0 Å². The van der Waals surface area contributed by atoms with Crippen LogP contribution in [0.5, 0.6) is 0 Å². The second-order valence-electron chi connectivity index (χ2n) is 16.9. The molecule has 0 fully saturated rings. The molecule has 326 valence electrons. The number of hydrogen-bond donors (Lipinski definition) is 0. The van der Waals surface area contributed by atoms with Gasteiger partial charge in [-0.2, -0.15) is 0 Å². The van der Waals surface area contributed by atoms with Crippen molar-refractivity contribution in [3.05, 3.63) is 289 Å². The molecule has 0 heterocycles. The summed E-state index contributed by atoms with van der Waals surface area (Å²) in [4.78, 5) is 0. The Bertz CT molecular complexity index is 4520. The molecule has 0 aromatic heterocycles. The van der Waals surface area contributed by atoms with Gasteiger partial charge in [0.05, 0.1) is 11.0 Å². The van der Waals surface area contributed by atoms with Crippen molar-refractivity contribution < 1.29 is 21.9 Å². The van der Waals surface area contributed by atoms with Crippen LogP contribution in [-0.4, -0.2) is 30.2 Å². The first kappa shape index (κ1) is 28.9. The Hall–Kier alpha value is -6.42. The van der Waals surface area contributed by atoms with Crippen LogP contribution in [0.2, 0.25) is 0 Å². The third kappa shape index (κ3) is 6.56. The van der Waals surface area contributed by atoms with Gasteiger partial charge in [0.25, 0.3) is 0 Å². The van der Waals surface area contributed by atoms with Crippen molar-refractivity contribution in [1.82, 2.24) is 0 Å². The number of hydrogen-bond acceptors (Lipinski definition) is 0. The van der Waals surface area contributed by atoms with E-state index in [1.807, 2.05) is 97.1 Å². The fourth-order valence-corrected chi connectivity index (χ4v) is 20.0. The topological polar surface area (TPSA) is 0 Å². The summed E-state index contributed by atoms with van der Waals surface area (Å²) in [5.41, 5.74) is -9.20. The molecule has 0 amide bonds. The summed E-state index contributed by atoms with van der Waals surface area (Å²) in [6.07, 6.45) is 0. The maximum atomic E-state index is 10.7. The summed E-state index contributed by atoms with van der Waals surface area (Å²) in [5, 5.41) is 5.25. The van der Waals surface area contributed by atoms with Crippen LogP contribution in [0.25, 0.3) is 55.3 Å². The van der Waals surface area contributed by atoms with E-state index in [0.29, 0.717) is 11.1 Å². The first-order chi connectivity index (χ1) is 40.7. The van der Waals surface area contributed by atoms with Crippen molar-refractivity contribution in [3.63, 3.8) is 0 Å². The second kappa shape index (κ2) is 16.9. The van der Waals surface area contributed by atoms with Crippen LogP contribution in [0.15, 0.2) is 267 Å². The second-order valence-corrected chi connectivity index (χ2v) is 29.3. The van der Waals surface area contributed by atoms with Crippen LogP contribution in [0.1, 0.15) is 44.2 Å². The van der Waals surface area contributed by atoms with Crippen molar-refractivity contribution >= 4 is 83.8 Å². The van der Waals surface area contributed by atoms with Crippen molar-refractivity contribution in [2.45, 2.75) is 5.41 Å². The maximum absolute atomic E-state index is 10.7. The van der Waals surface area contributed by atoms with E-state index < -0.39 is 118 Å². The molecule has 1 spiro atoms. The Morgan fingerprint density at radius 3 is 1.19 bits per heavy atom. The average Bonchev–Trinajstić information content (AvgIpc) is 1.48. The Morgan fingerprint density at radius 1 is 0.319 bits per heavy atom. The van der Waals surface area contributed by atoms with E-state index in [1.54, 1.807) is 24.3 Å².